The van der Waals surface area contributed by atoms with Gasteiger partial charge in [0.15, 0.2) is 0 Å². The number of imidazole rings is 1. The molecule has 108 valence electrons. The van der Waals surface area contributed by atoms with Crippen LogP contribution in [-0.2, 0) is 13.5 Å². The number of hydrogen-bond acceptors (Lipinski definition) is 2. The minimum atomic E-state index is -0.362. The third kappa shape index (κ3) is 2.64. The zero-order chi connectivity index (χ0) is 15.0. The van der Waals surface area contributed by atoms with Crippen LogP contribution < -0.4 is 5.73 Å². The summed E-state index contributed by atoms with van der Waals surface area (Å²) in [4.78, 5) is 4.59. The molecule has 0 spiro atoms. The van der Waals surface area contributed by atoms with Gasteiger partial charge >= 0.3 is 0 Å². The lowest BCUT2D eigenvalue weighted by molar-refractivity contribution is 0.622. The third-order valence-corrected chi connectivity index (χ3v) is 3.97. The molecule has 0 radical (unpaired) electrons. The van der Waals surface area contributed by atoms with E-state index in [2.05, 4.69) is 4.98 Å². The molecule has 3 aromatic rings. The SMILES string of the molecule is Cn1c(CC(N)c2ccc(F)cc2Cl)nc2ccccc21. The molecule has 21 heavy (non-hydrogen) atoms. The molecule has 2 aromatic carbocycles. The number of benzene rings is 2. The average Bonchev–Trinajstić information content (AvgIpc) is 2.76. The average molecular weight is 304 g/mol. The second kappa shape index (κ2) is 5.47. The van der Waals surface area contributed by atoms with Crippen molar-refractivity contribution in [3.05, 3.63) is 64.7 Å². The minimum absolute atomic E-state index is 0.325. The number of aromatic nitrogens is 2. The molecule has 0 saturated heterocycles. The van der Waals surface area contributed by atoms with Crippen molar-refractivity contribution in [1.29, 1.82) is 0 Å². The van der Waals surface area contributed by atoms with Gasteiger partial charge in [0.1, 0.15) is 11.6 Å². The maximum absolute atomic E-state index is 13.1. The molecular formula is C16H15ClFN3. The van der Waals surface area contributed by atoms with Gasteiger partial charge in [0.2, 0.25) is 0 Å². The number of nitrogens with zero attached hydrogens (tertiary/aromatic N) is 2. The van der Waals surface area contributed by atoms with E-state index >= 15 is 0 Å². The number of hydrogen-bond donors (Lipinski definition) is 1. The molecule has 1 aromatic heterocycles. The molecule has 5 heteroatoms. The summed E-state index contributed by atoms with van der Waals surface area (Å²) in [5.74, 6) is 0.516. The van der Waals surface area contributed by atoms with Gasteiger partial charge in [0.25, 0.3) is 0 Å². The molecule has 0 aliphatic rings. The highest BCUT2D eigenvalue weighted by Crippen LogP contribution is 2.25. The van der Waals surface area contributed by atoms with E-state index in [1.54, 1.807) is 6.07 Å². The molecule has 1 atom stereocenters. The standard InChI is InChI=1S/C16H15ClFN3/c1-21-15-5-3-2-4-14(15)20-16(21)9-13(19)11-7-6-10(18)8-12(11)17/h2-8,13H,9,19H2,1H3. The van der Waals surface area contributed by atoms with E-state index in [0.29, 0.717) is 11.4 Å². The highest BCUT2D eigenvalue weighted by atomic mass is 35.5. The Morgan fingerprint density at radius 1 is 1.29 bits per heavy atom. The van der Waals surface area contributed by atoms with E-state index in [4.69, 9.17) is 17.3 Å². The van der Waals surface area contributed by atoms with Crippen LogP contribution >= 0.6 is 11.6 Å². The van der Waals surface area contributed by atoms with Crippen LogP contribution in [0.15, 0.2) is 42.5 Å². The maximum Gasteiger partial charge on any atom is 0.124 e. The Morgan fingerprint density at radius 3 is 2.76 bits per heavy atom. The van der Waals surface area contributed by atoms with Crippen LogP contribution in [0.5, 0.6) is 0 Å². The van der Waals surface area contributed by atoms with Crippen LogP contribution in [-0.4, -0.2) is 9.55 Å². The fraction of sp³-hybridized carbons (Fsp3) is 0.188. The summed E-state index contributed by atoms with van der Waals surface area (Å²) in [6, 6.07) is 11.9. The van der Waals surface area contributed by atoms with Crippen molar-refractivity contribution in [2.24, 2.45) is 12.8 Å². The van der Waals surface area contributed by atoms with E-state index in [9.17, 15) is 4.39 Å². The Bertz CT molecular complexity index is 797. The minimum Gasteiger partial charge on any atom is -0.331 e. The molecule has 0 saturated carbocycles. The number of fused-ring (bicyclic) bond motifs is 1. The molecule has 0 aliphatic heterocycles. The van der Waals surface area contributed by atoms with E-state index in [1.807, 2.05) is 35.9 Å². The summed E-state index contributed by atoms with van der Waals surface area (Å²) in [6.45, 7) is 0. The van der Waals surface area contributed by atoms with Crippen LogP contribution in [0.1, 0.15) is 17.4 Å². The quantitative estimate of drug-likeness (QED) is 0.803. The molecule has 0 amide bonds. The maximum atomic E-state index is 13.1. The lowest BCUT2D eigenvalue weighted by Crippen LogP contribution is -2.16. The van der Waals surface area contributed by atoms with Gasteiger partial charge in [-0.1, -0.05) is 29.8 Å². The molecule has 0 aliphatic carbocycles. The third-order valence-electron chi connectivity index (χ3n) is 3.64. The van der Waals surface area contributed by atoms with Crippen molar-refractivity contribution in [1.82, 2.24) is 9.55 Å². The summed E-state index contributed by atoms with van der Waals surface area (Å²) < 4.78 is 15.1. The van der Waals surface area contributed by atoms with Crippen molar-refractivity contribution in [2.75, 3.05) is 0 Å². The first-order valence-electron chi connectivity index (χ1n) is 6.67. The van der Waals surface area contributed by atoms with Crippen LogP contribution in [0, 0.1) is 5.82 Å². The second-order valence-corrected chi connectivity index (χ2v) is 5.46. The smallest absolute Gasteiger partial charge is 0.124 e. The van der Waals surface area contributed by atoms with Gasteiger partial charge in [-0.15, -0.1) is 0 Å². The van der Waals surface area contributed by atoms with Gasteiger partial charge < -0.3 is 10.3 Å². The summed E-state index contributed by atoms with van der Waals surface area (Å²) in [6.07, 6.45) is 0.538. The number of rotatable bonds is 3. The number of halogens is 2. The van der Waals surface area contributed by atoms with Crippen LogP contribution in [0.25, 0.3) is 11.0 Å². The Kier molecular flexibility index (Phi) is 3.66. The number of aryl methyl sites for hydroxylation is 1. The van der Waals surface area contributed by atoms with E-state index in [1.165, 1.54) is 12.1 Å². The molecule has 0 bridgehead atoms. The Balaban J connectivity index is 1.92. The van der Waals surface area contributed by atoms with E-state index < -0.39 is 0 Å². The van der Waals surface area contributed by atoms with Crippen molar-refractivity contribution in [3.63, 3.8) is 0 Å². The molecule has 1 unspecified atom stereocenters. The van der Waals surface area contributed by atoms with Crippen molar-refractivity contribution < 1.29 is 4.39 Å². The summed E-state index contributed by atoms with van der Waals surface area (Å²) in [5.41, 5.74) is 8.93. The highest BCUT2D eigenvalue weighted by molar-refractivity contribution is 6.31. The molecule has 3 nitrogen and oxygen atoms in total. The Morgan fingerprint density at radius 2 is 2.05 bits per heavy atom. The highest BCUT2D eigenvalue weighted by Gasteiger charge is 2.15. The normalized spacial score (nSPS) is 12.8. The van der Waals surface area contributed by atoms with Gasteiger partial charge in [-0.05, 0) is 29.8 Å². The largest absolute Gasteiger partial charge is 0.331 e. The number of nitrogens with two attached hydrogens (primary N) is 1. The number of para-hydroxylation sites is 2. The second-order valence-electron chi connectivity index (χ2n) is 5.05. The molecular weight excluding hydrogens is 289 g/mol. The van der Waals surface area contributed by atoms with Crippen molar-refractivity contribution >= 4 is 22.6 Å². The first-order chi connectivity index (χ1) is 10.1. The zero-order valence-electron chi connectivity index (χ0n) is 11.6. The van der Waals surface area contributed by atoms with Gasteiger partial charge in [-0.2, -0.15) is 0 Å². The van der Waals surface area contributed by atoms with Gasteiger partial charge in [0, 0.05) is 24.5 Å². The zero-order valence-corrected chi connectivity index (χ0v) is 12.3. The summed E-state index contributed by atoms with van der Waals surface area (Å²) in [5, 5.41) is 0.348. The van der Waals surface area contributed by atoms with Crippen LogP contribution in [0.4, 0.5) is 4.39 Å². The lowest BCUT2D eigenvalue weighted by atomic mass is 10.0. The summed E-state index contributed by atoms with van der Waals surface area (Å²) in [7, 11) is 1.96. The van der Waals surface area contributed by atoms with Gasteiger partial charge in [-0.3, -0.25) is 0 Å². The predicted octanol–water partition coefficient (Wildman–Crippen LogP) is 3.61. The van der Waals surface area contributed by atoms with E-state index in [0.717, 1.165) is 22.4 Å². The molecule has 3 rings (SSSR count). The van der Waals surface area contributed by atoms with Crippen LogP contribution in [0.3, 0.4) is 0 Å². The Hall–Kier alpha value is -1.91. The molecule has 2 N–H and O–H groups in total. The predicted molar refractivity (Wildman–Crippen MR) is 82.8 cm³/mol. The fourth-order valence-electron chi connectivity index (χ4n) is 2.49. The first kappa shape index (κ1) is 14.0. The van der Waals surface area contributed by atoms with Gasteiger partial charge in [0.05, 0.1) is 11.0 Å². The molecule has 0 fully saturated rings. The fourth-order valence-corrected chi connectivity index (χ4v) is 2.79. The van der Waals surface area contributed by atoms with Crippen molar-refractivity contribution in [3.8, 4) is 0 Å². The van der Waals surface area contributed by atoms with Gasteiger partial charge in [-0.25, -0.2) is 9.37 Å². The van der Waals surface area contributed by atoms with Crippen molar-refractivity contribution in [2.45, 2.75) is 12.5 Å². The first-order valence-corrected chi connectivity index (χ1v) is 7.05. The monoisotopic (exact) mass is 303 g/mol. The van der Waals surface area contributed by atoms with E-state index in [-0.39, 0.29) is 11.9 Å². The lowest BCUT2D eigenvalue weighted by Gasteiger charge is -2.13. The molecule has 1 heterocycles. The van der Waals surface area contributed by atoms with Crippen LogP contribution in [0.2, 0.25) is 5.02 Å². The topological polar surface area (TPSA) is 43.8 Å². The Labute approximate surface area is 127 Å². The summed E-state index contributed by atoms with van der Waals surface area (Å²) >= 11 is 6.06.